The molecule has 2 aliphatic rings. The number of ether oxygens (including phenoxy) is 1. The van der Waals surface area contributed by atoms with E-state index in [0.29, 0.717) is 37.2 Å². The predicted molar refractivity (Wildman–Crippen MR) is 123 cm³/mol. The smallest absolute Gasteiger partial charge is 0.256 e. The Labute approximate surface area is 190 Å². The number of anilines is 1. The summed E-state index contributed by atoms with van der Waals surface area (Å²) in [6.07, 6.45) is 10.5. The van der Waals surface area contributed by atoms with Gasteiger partial charge in [0.25, 0.3) is 5.91 Å². The van der Waals surface area contributed by atoms with Crippen LogP contribution in [0.2, 0.25) is 0 Å². The first-order chi connectivity index (χ1) is 15.5. The third-order valence-corrected chi connectivity index (χ3v) is 8.15. The number of sulfonamides is 1. The number of piperidine rings is 1. The molecule has 1 aliphatic heterocycles. The van der Waals surface area contributed by atoms with Gasteiger partial charge in [0.15, 0.2) is 11.6 Å². The second-order valence-corrected chi connectivity index (χ2v) is 10.5. The summed E-state index contributed by atoms with van der Waals surface area (Å²) >= 11 is 0. The van der Waals surface area contributed by atoms with Crippen LogP contribution in [0.4, 0.5) is 5.82 Å². The average molecular weight is 458 g/mol. The molecule has 1 saturated heterocycles. The highest BCUT2D eigenvalue weighted by Crippen LogP contribution is 2.27. The fraction of sp³-hybridized carbons (Fsp3) is 0.500. The van der Waals surface area contributed by atoms with Crippen LogP contribution in [0, 0.1) is 5.92 Å². The molecule has 2 heterocycles. The molecule has 32 heavy (non-hydrogen) atoms. The van der Waals surface area contributed by atoms with Gasteiger partial charge in [0.05, 0.1) is 11.5 Å². The number of nitrogens with one attached hydrogen (secondary N) is 1. The molecular formula is C24H31N3O4S. The second kappa shape index (κ2) is 10.4. The Morgan fingerprint density at radius 3 is 2.56 bits per heavy atom. The van der Waals surface area contributed by atoms with E-state index in [1.165, 1.54) is 42.5 Å². The third kappa shape index (κ3) is 5.48. The minimum Gasteiger partial charge on any atom is -0.489 e. The van der Waals surface area contributed by atoms with Crippen molar-refractivity contribution in [2.24, 2.45) is 5.92 Å². The van der Waals surface area contributed by atoms with E-state index < -0.39 is 15.9 Å². The zero-order valence-electron chi connectivity index (χ0n) is 18.3. The van der Waals surface area contributed by atoms with Gasteiger partial charge < -0.3 is 10.1 Å². The zero-order chi connectivity index (χ0) is 22.4. The number of aromatic nitrogens is 1. The Bertz CT molecular complexity index is 1030. The topological polar surface area (TPSA) is 88.6 Å². The van der Waals surface area contributed by atoms with Crippen molar-refractivity contribution in [1.82, 2.24) is 9.29 Å². The van der Waals surface area contributed by atoms with Crippen LogP contribution in [0.5, 0.6) is 5.75 Å². The van der Waals surface area contributed by atoms with E-state index >= 15 is 0 Å². The summed E-state index contributed by atoms with van der Waals surface area (Å²) in [6, 6.07) is 9.76. The summed E-state index contributed by atoms with van der Waals surface area (Å²) in [5, 5.41) is 2.79. The highest BCUT2D eigenvalue weighted by Gasteiger charge is 2.26. The van der Waals surface area contributed by atoms with Crippen LogP contribution in [0.1, 0.15) is 61.7 Å². The van der Waals surface area contributed by atoms with Crippen molar-refractivity contribution in [3.05, 3.63) is 48.2 Å². The van der Waals surface area contributed by atoms with Crippen LogP contribution >= 0.6 is 0 Å². The van der Waals surface area contributed by atoms with Gasteiger partial charge in [-0.05, 0) is 61.9 Å². The van der Waals surface area contributed by atoms with Crippen molar-refractivity contribution in [2.45, 2.75) is 56.3 Å². The van der Waals surface area contributed by atoms with Crippen molar-refractivity contribution in [3.8, 4) is 5.75 Å². The van der Waals surface area contributed by atoms with E-state index in [2.05, 4.69) is 10.3 Å². The molecule has 0 unspecified atom stereocenters. The number of rotatable bonds is 7. The van der Waals surface area contributed by atoms with Crippen LogP contribution in [0.25, 0.3) is 0 Å². The summed E-state index contributed by atoms with van der Waals surface area (Å²) < 4.78 is 33.4. The lowest BCUT2D eigenvalue weighted by molar-refractivity contribution is 0.102. The quantitative estimate of drug-likeness (QED) is 0.663. The van der Waals surface area contributed by atoms with Gasteiger partial charge in [-0.25, -0.2) is 13.4 Å². The number of carbonyl (C=O) groups excluding carboxylic acids is 1. The summed E-state index contributed by atoms with van der Waals surface area (Å²) in [7, 11) is -3.61. The fourth-order valence-corrected chi connectivity index (χ4v) is 5.96. The van der Waals surface area contributed by atoms with E-state index in [-0.39, 0.29) is 10.5 Å². The number of hydrogen-bond acceptors (Lipinski definition) is 5. The lowest BCUT2D eigenvalue weighted by Gasteiger charge is -2.26. The molecule has 0 radical (unpaired) electrons. The van der Waals surface area contributed by atoms with Gasteiger partial charge in [0.1, 0.15) is 0 Å². The summed E-state index contributed by atoms with van der Waals surface area (Å²) in [4.78, 5) is 17.3. The molecule has 8 heteroatoms. The van der Waals surface area contributed by atoms with E-state index in [4.69, 9.17) is 4.74 Å². The first kappa shape index (κ1) is 22.7. The lowest BCUT2D eigenvalue weighted by atomic mass is 9.90. The Kier molecular flexibility index (Phi) is 7.42. The molecule has 1 aliphatic carbocycles. The maximum Gasteiger partial charge on any atom is 0.256 e. The molecule has 1 aromatic carbocycles. The molecule has 0 bridgehead atoms. The number of carbonyl (C=O) groups is 1. The van der Waals surface area contributed by atoms with Crippen molar-refractivity contribution in [2.75, 3.05) is 25.0 Å². The monoisotopic (exact) mass is 457 g/mol. The van der Waals surface area contributed by atoms with Crippen molar-refractivity contribution >= 4 is 21.7 Å². The largest absolute Gasteiger partial charge is 0.489 e. The van der Waals surface area contributed by atoms with Gasteiger partial charge in [0.2, 0.25) is 10.0 Å². The van der Waals surface area contributed by atoms with Crippen LogP contribution in [-0.4, -0.2) is 43.3 Å². The van der Waals surface area contributed by atoms with Crippen molar-refractivity contribution in [3.63, 3.8) is 0 Å². The maximum atomic E-state index is 13.0. The van der Waals surface area contributed by atoms with E-state index in [9.17, 15) is 13.2 Å². The molecule has 1 saturated carbocycles. The SMILES string of the molecule is O=C(Nc1ncccc1OCC1CCCCC1)c1cccc(S(=O)(=O)N2CCCCC2)c1. The lowest BCUT2D eigenvalue weighted by Crippen LogP contribution is -2.35. The molecule has 172 valence electrons. The normalized spacial score (nSPS) is 18.2. The molecule has 1 amide bonds. The average Bonchev–Trinajstić information content (AvgIpc) is 2.85. The standard InChI is InChI=1S/C24H31N3O4S/c28-24(20-11-7-12-21(17-20)32(29,30)27-15-5-2-6-16-27)26-23-22(13-8-14-25-23)31-18-19-9-3-1-4-10-19/h7-8,11-14,17,19H,1-6,9-10,15-16,18H2,(H,25,26,28). The first-order valence-electron chi connectivity index (χ1n) is 11.5. The highest BCUT2D eigenvalue weighted by molar-refractivity contribution is 7.89. The summed E-state index contributed by atoms with van der Waals surface area (Å²) in [5.74, 6) is 0.993. The van der Waals surface area contributed by atoms with Crippen LogP contribution in [-0.2, 0) is 10.0 Å². The van der Waals surface area contributed by atoms with Gasteiger partial charge in [-0.2, -0.15) is 4.31 Å². The minimum atomic E-state index is -3.61. The fourth-order valence-electron chi connectivity index (χ4n) is 4.39. The summed E-state index contributed by atoms with van der Waals surface area (Å²) in [5.41, 5.74) is 0.270. The zero-order valence-corrected chi connectivity index (χ0v) is 19.1. The van der Waals surface area contributed by atoms with Gasteiger partial charge in [-0.1, -0.05) is 31.7 Å². The molecular weight excluding hydrogens is 426 g/mol. The van der Waals surface area contributed by atoms with E-state index in [0.717, 1.165) is 19.3 Å². The van der Waals surface area contributed by atoms with Crippen LogP contribution in [0.15, 0.2) is 47.5 Å². The van der Waals surface area contributed by atoms with Crippen LogP contribution in [0.3, 0.4) is 0 Å². The number of hydrogen-bond donors (Lipinski definition) is 1. The Morgan fingerprint density at radius 1 is 1.03 bits per heavy atom. The molecule has 0 spiro atoms. The molecule has 7 nitrogen and oxygen atoms in total. The number of pyridine rings is 1. The molecule has 4 rings (SSSR count). The third-order valence-electron chi connectivity index (χ3n) is 6.25. The van der Waals surface area contributed by atoms with Gasteiger partial charge in [-0.3, -0.25) is 4.79 Å². The van der Waals surface area contributed by atoms with Gasteiger partial charge in [0, 0.05) is 24.8 Å². The molecule has 1 N–H and O–H groups in total. The van der Waals surface area contributed by atoms with Crippen LogP contribution < -0.4 is 10.1 Å². The van der Waals surface area contributed by atoms with Gasteiger partial charge in [-0.15, -0.1) is 0 Å². The van der Waals surface area contributed by atoms with Gasteiger partial charge >= 0.3 is 0 Å². The molecule has 2 fully saturated rings. The first-order valence-corrected chi connectivity index (χ1v) is 13.0. The Morgan fingerprint density at radius 2 is 1.78 bits per heavy atom. The number of nitrogens with zero attached hydrogens (tertiary/aromatic N) is 2. The number of amides is 1. The van der Waals surface area contributed by atoms with Crippen molar-refractivity contribution < 1.29 is 17.9 Å². The Hall–Kier alpha value is -2.45. The molecule has 2 aromatic rings. The summed E-state index contributed by atoms with van der Waals surface area (Å²) in [6.45, 7) is 1.65. The van der Waals surface area contributed by atoms with E-state index in [1.807, 2.05) is 0 Å². The van der Waals surface area contributed by atoms with Crippen molar-refractivity contribution in [1.29, 1.82) is 0 Å². The molecule has 0 atom stereocenters. The maximum absolute atomic E-state index is 13.0. The highest BCUT2D eigenvalue weighted by atomic mass is 32.2. The second-order valence-electron chi connectivity index (χ2n) is 8.61. The minimum absolute atomic E-state index is 0.141. The molecule has 1 aromatic heterocycles. The van der Waals surface area contributed by atoms with E-state index in [1.54, 1.807) is 36.5 Å². The predicted octanol–water partition coefficient (Wildman–Crippen LogP) is 4.47. The Balaban J connectivity index is 1.46. The number of benzene rings is 1.